The number of nitrogen functional groups attached to an aromatic ring is 1. The van der Waals surface area contributed by atoms with Gasteiger partial charge in [0, 0.05) is 18.6 Å². The molecule has 0 spiro atoms. The molecule has 0 amide bonds. The Kier molecular flexibility index (Phi) is 5.08. The number of nitrogens with zero attached hydrogens (tertiary/aromatic N) is 4. The first-order valence-electron chi connectivity index (χ1n) is 7.83. The van der Waals surface area contributed by atoms with Gasteiger partial charge < -0.3 is 21.0 Å². The maximum Gasteiger partial charge on any atom is 0.169 e. The molecule has 1 aromatic heterocycles. The molecule has 2 heterocycles. The van der Waals surface area contributed by atoms with Gasteiger partial charge in [0.15, 0.2) is 11.6 Å². The number of piperidine rings is 1. The molecule has 1 aliphatic heterocycles. The lowest BCUT2D eigenvalue weighted by molar-refractivity contribution is 0.252. The lowest BCUT2D eigenvalue weighted by Gasteiger charge is -2.36. The van der Waals surface area contributed by atoms with Crippen LogP contribution in [0.5, 0.6) is 0 Å². The van der Waals surface area contributed by atoms with Crippen LogP contribution in [-0.4, -0.2) is 53.6 Å². The van der Waals surface area contributed by atoms with Crippen molar-refractivity contribution >= 4 is 17.3 Å². The van der Waals surface area contributed by atoms with Crippen molar-refractivity contribution in [2.24, 2.45) is 0 Å². The molecule has 1 saturated heterocycles. The molecule has 0 aromatic carbocycles. The fraction of sp³-hybridized carbons (Fsp3) is 0.733. The van der Waals surface area contributed by atoms with Crippen LogP contribution in [0.15, 0.2) is 6.33 Å². The smallest absolute Gasteiger partial charge is 0.169 e. The van der Waals surface area contributed by atoms with E-state index in [2.05, 4.69) is 65.5 Å². The molecular weight excluding hydrogens is 278 g/mol. The minimum absolute atomic E-state index is 0.0720. The van der Waals surface area contributed by atoms with E-state index in [1.54, 1.807) is 6.33 Å². The Labute approximate surface area is 133 Å². The molecule has 1 aromatic rings. The number of nitrogens with one attached hydrogen (secondary N) is 2. The van der Waals surface area contributed by atoms with Crippen LogP contribution in [0.4, 0.5) is 17.3 Å². The molecule has 4 N–H and O–H groups in total. The van der Waals surface area contributed by atoms with Crippen molar-refractivity contribution in [3.8, 4) is 0 Å². The Morgan fingerprint density at radius 1 is 1.27 bits per heavy atom. The van der Waals surface area contributed by atoms with Gasteiger partial charge in [-0.25, -0.2) is 15.4 Å². The second-order valence-electron chi connectivity index (χ2n) is 7.10. The highest BCUT2D eigenvalue weighted by molar-refractivity contribution is 5.74. The van der Waals surface area contributed by atoms with Crippen LogP contribution in [0.2, 0.25) is 0 Å². The number of hydrogen-bond donors (Lipinski definition) is 3. The van der Waals surface area contributed by atoms with Crippen molar-refractivity contribution in [2.45, 2.75) is 45.2 Å². The van der Waals surface area contributed by atoms with Gasteiger partial charge in [-0.15, -0.1) is 0 Å². The zero-order valence-corrected chi connectivity index (χ0v) is 14.3. The van der Waals surface area contributed by atoms with Crippen molar-refractivity contribution in [3.63, 3.8) is 0 Å². The van der Waals surface area contributed by atoms with Crippen LogP contribution in [0.25, 0.3) is 0 Å². The summed E-state index contributed by atoms with van der Waals surface area (Å²) in [7, 11) is 4.23. The Morgan fingerprint density at radius 3 is 2.50 bits per heavy atom. The van der Waals surface area contributed by atoms with Crippen LogP contribution in [0.3, 0.4) is 0 Å². The predicted octanol–water partition coefficient (Wildman–Crippen LogP) is 1.30. The van der Waals surface area contributed by atoms with Gasteiger partial charge in [-0.1, -0.05) is 0 Å². The molecule has 0 atom stereocenters. The lowest BCUT2D eigenvalue weighted by Crippen LogP contribution is -2.43. The highest BCUT2D eigenvalue weighted by Gasteiger charge is 2.24. The minimum Gasteiger partial charge on any atom is -0.393 e. The monoisotopic (exact) mass is 307 g/mol. The minimum atomic E-state index is -0.0720. The van der Waals surface area contributed by atoms with Crippen LogP contribution >= 0.6 is 0 Å². The molecule has 22 heavy (non-hydrogen) atoms. The molecule has 7 nitrogen and oxygen atoms in total. The van der Waals surface area contributed by atoms with E-state index in [0.29, 0.717) is 17.5 Å². The fourth-order valence-electron chi connectivity index (χ4n) is 2.57. The number of anilines is 3. The summed E-state index contributed by atoms with van der Waals surface area (Å²) >= 11 is 0. The Hall–Kier alpha value is -1.60. The number of likely N-dealkylation sites (tertiary alicyclic amines) is 1. The third-order valence-electron chi connectivity index (χ3n) is 3.99. The summed E-state index contributed by atoms with van der Waals surface area (Å²) in [6, 6.07) is 0.469. The molecule has 1 aliphatic rings. The standard InChI is InChI=1S/C15H29N7/c1-15(2,3)20-19-13-12(16)14(18-10-17-13)22(5)11-6-8-21(4)9-7-11/h10-11,20H,6-9,16H2,1-5H3,(H,17,18,19). The molecule has 0 bridgehead atoms. The van der Waals surface area contributed by atoms with E-state index in [4.69, 9.17) is 5.73 Å². The molecule has 0 saturated carbocycles. The average Bonchev–Trinajstić information content (AvgIpc) is 2.45. The normalized spacial score (nSPS) is 17.5. The predicted molar refractivity (Wildman–Crippen MR) is 91.9 cm³/mol. The molecule has 1 fully saturated rings. The first-order chi connectivity index (χ1) is 10.3. The molecule has 2 rings (SSSR count). The van der Waals surface area contributed by atoms with Crippen molar-refractivity contribution in [1.82, 2.24) is 20.3 Å². The number of hydrazine groups is 1. The summed E-state index contributed by atoms with van der Waals surface area (Å²) in [5, 5.41) is 0. The Balaban J connectivity index is 2.10. The van der Waals surface area contributed by atoms with Crippen molar-refractivity contribution < 1.29 is 0 Å². The van der Waals surface area contributed by atoms with Gasteiger partial charge in [0.2, 0.25) is 0 Å². The number of aromatic nitrogens is 2. The molecule has 0 aliphatic carbocycles. The summed E-state index contributed by atoms with van der Waals surface area (Å²) in [4.78, 5) is 13.2. The van der Waals surface area contributed by atoms with E-state index < -0.39 is 0 Å². The second-order valence-corrected chi connectivity index (χ2v) is 7.10. The highest BCUT2D eigenvalue weighted by atomic mass is 15.4. The molecule has 0 unspecified atom stereocenters. The quantitative estimate of drug-likeness (QED) is 0.723. The first-order valence-corrected chi connectivity index (χ1v) is 7.83. The third kappa shape index (κ3) is 4.20. The average molecular weight is 307 g/mol. The van der Waals surface area contributed by atoms with Gasteiger partial charge in [0.25, 0.3) is 0 Å². The largest absolute Gasteiger partial charge is 0.393 e. The van der Waals surface area contributed by atoms with Gasteiger partial charge in [-0.3, -0.25) is 0 Å². The van der Waals surface area contributed by atoms with E-state index in [9.17, 15) is 0 Å². The maximum absolute atomic E-state index is 6.27. The summed E-state index contributed by atoms with van der Waals surface area (Å²) in [6.07, 6.45) is 3.81. The number of nitrogens with two attached hydrogens (primary N) is 1. The summed E-state index contributed by atoms with van der Waals surface area (Å²) in [5.41, 5.74) is 13.1. The summed E-state index contributed by atoms with van der Waals surface area (Å²) < 4.78 is 0. The van der Waals surface area contributed by atoms with Crippen molar-refractivity contribution in [3.05, 3.63) is 6.33 Å². The van der Waals surface area contributed by atoms with Crippen LogP contribution in [0.1, 0.15) is 33.6 Å². The van der Waals surface area contributed by atoms with Crippen molar-refractivity contribution in [1.29, 1.82) is 0 Å². The van der Waals surface area contributed by atoms with E-state index in [0.717, 1.165) is 31.7 Å². The van der Waals surface area contributed by atoms with Gasteiger partial charge >= 0.3 is 0 Å². The first kappa shape index (κ1) is 16.8. The van der Waals surface area contributed by atoms with Crippen LogP contribution in [-0.2, 0) is 0 Å². The number of rotatable bonds is 4. The number of hydrogen-bond acceptors (Lipinski definition) is 7. The van der Waals surface area contributed by atoms with Gasteiger partial charge in [-0.2, -0.15) is 0 Å². The topological polar surface area (TPSA) is 82.3 Å². The highest BCUT2D eigenvalue weighted by Crippen LogP contribution is 2.28. The van der Waals surface area contributed by atoms with E-state index in [1.165, 1.54) is 0 Å². The maximum atomic E-state index is 6.27. The molecule has 124 valence electrons. The van der Waals surface area contributed by atoms with Gasteiger partial charge in [-0.05, 0) is 53.8 Å². The molecule has 7 heteroatoms. The third-order valence-corrected chi connectivity index (χ3v) is 3.99. The van der Waals surface area contributed by atoms with Crippen LogP contribution < -0.4 is 21.5 Å². The van der Waals surface area contributed by atoms with E-state index >= 15 is 0 Å². The van der Waals surface area contributed by atoms with Gasteiger partial charge in [0.1, 0.15) is 12.0 Å². The molecule has 0 radical (unpaired) electrons. The Bertz CT molecular complexity index is 489. The van der Waals surface area contributed by atoms with Gasteiger partial charge in [0.05, 0.1) is 0 Å². The summed E-state index contributed by atoms with van der Waals surface area (Å²) in [6.45, 7) is 8.43. The van der Waals surface area contributed by atoms with E-state index in [1.807, 2.05) is 0 Å². The van der Waals surface area contributed by atoms with Crippen LogP contribution in [0, 0.1) is 0 Å². The SMILES string of the molecule is CN1CCC(N(C)c2ncnc(NNC(C)(C)C)c2N)CC1. The molecular formula is C15H29N7. The van der Waals surface area contributed by atoms with Crippen molar-refractivity contribution in [2.75, 3.05) is 43.2 Å². The zero-order valence-electron chi connectivity index (χ0n) is 14.3. The summed E-state index contributed by atoms with van der Waals surface area (Å²) in [5.74, 6) is 1.42. The Morgan fingerprint density at radius 2 is 1.91 bits per heavy atom. The lowest BCUT2D eigenvalue weighted by atomic mass is 10.0. The zero-order chi connectivity index (χ0) is 16.3. The fourth-order valence-corrected chi connectivity index (χ4v) is 2.57. The van der Waals surface area contributed by atoms with E-state index in [-0.39, 0.29) is 5.54 Å². The second kappa shape index (κ2) is 6.66.